The van der Waals surface area contributed by atoms with Gasteiger partial charge in [0.1, 0.15) is 6.04 Å². The highest BCUT2D eigenvalue weighted by molar-refractivity contribution is 8.01. The number of carbonyl (C=O) groups is 2. The van der Waals surface area contributed by atoms with Gasteiger partial charge in [-0.25, -0.2) is 8.42 Å². The van der Waals surface area contributed by atoms with Crippen LogP contribution < -0.4 is 10.2 Å². The number of piperidine rings is 1. The average molecular weight is 495 g/mol. The predicted octanol–water partition coefficient (Wildman–Crippen LogP) is 3.10. The van der Waals surface area contributed by atoms with Gasteiger partial charge in [0.05, 0.1) is 21.1 Å². The van der Waals surface area contributed by atoms with Gasteiger partial charge in [0, 0.05) is 38.4 Å². The lowest BCUT2D eigenvalue weighted by Gasteiger charge is -2.32. The zero-order valence-electron chi connectivity index (χ0n) is 19.7. The van der Waals surface area contributed by atoms with E-state index in [2.05, 4.69) is 10.2 Å². The summed E-state index contributed by atoms with van der Waals surface area (Å²) in [4.78, 5) is 29.7. The van der Waals surface area contributed by atoms with Crippen LogP contribution in [0.5, 0.6) is 0 Å². The Balaban J connectivity index is 1.67. The van der Waals surface area contributed by atoms with Crippen molar-refractivity contribution in [1.29, 1.82) is 0 Å². The smallest absolute Gasteiger partial charge is 0.248 e. The summed E-state index contributed by atoms with van der Waals surface area (Å²) in [6.45, 7) is 8.14. The van der Waals surface area contributed by atoms with Crippen LogP contribution in [-0.4, -0.2) is 72.3 Å². The normalized spacial score (nSPS) is 25.6. The van der Waals surface area contributed by atoms with Crippen molar-refractivity contribution in [2.24, 2.45) is 0 Å². The third-order valence-electron chi connectivity index (χ3n) is 7.01. The SMILES string of the molecule is CCN(CC)S(=O)(=O)c1ccc(N2CCCCC2)c(NC(=O)[C@@H]2CS[C@@]3(C)CCC(=O)N23)c1. The van der Waals surface area contributed by atoms with Gasteiger partial charge in [0.25, 0.3) is 0 Å². The second-order valence-corrected chi connectivity index (χ2v) is 12.5. The molecule has 3 heterocycles. The minimum Gasteiger partial charge on any atom is -0.370 e. The number of thioether (sulfide) groups is 1. The molecule has 2 atom stereocenters. The molecule has 8 nitrogen and oxygen atoms in total. The largest absolute Gasteiger partial charge is 0.370 e. The number of fused-ring (bicyclic) bond motifs is 1. The standard InChI is InChI=1S/C23H34N4O4S2/c1-4-26(5-2)33(30,31)17-9-10-19(25-13-7-6-8-14-25)18(15-17)24-22(29)20-16-32-23(3)12-11-21(28)27(20)23/h9-10,15,20H,4-8,11-14,16H2,1-3H3,(H,24,29)/t20-,23-/m0/s1. The van der Waals surface area contributed by atoms with Gasteiger partial charge in [-0.05, 0) is 50.8 Å². The number of amides is 2. The summed E-state index contributed by atoms with van der Waals surface area (Å²) in [6.07, 6.45) is 4.50. The molecule has 3 aliphatic heterocycles. The van der Waals surface area contributed by atoms with E-state index in [1.54, 1.807) is 28.8 Å². The maximum atomic E-state index is 13.4. The third kappa shape index (κ3) is 4.49. The van der Waals surface area contributed by atoms with Crippen LogP contribution in [0.2, 0.25) is 0 Å². The summed E-state index contributed by atoms with van der Waals surface area (Å²) in [6, 6.07) is 4.49. The van der Waals surface area contributed by atoms with E-state index in [9.17, 15) is 18.0 Å². The first-order valence-electron chi connectivity index (χ1n) is 11.9. The van der Waals surface area contributed by atoms with E-state index in [0.717, 1.165) is 38.0 Å². The molecular weight excluding hydrogens is 460 g/mol. The van der Waals surface area contributed by atoms with Crippen LogP contribution in [0.15, 0.2) is 23.1 Å². The topological polar surface area (TPSA) is 90.0 Å². The van der Waals surface area contributed by atoms with Crippen molar-refractivity contribution in [2.75, 3.05) is 42.1 Å². The molecule has 3 saturated heterocycles. The molecule has 1 N–H and O–H groups in total. The monoisotopic (exact) mass is 494 g/mol. The Morgan fingerprint density at radius 3 is 2.58 bits per heavy atom. The number of hydrogen-bond donors (Lipinski definition) is 1. The number of rotatable bonds is 7. The van der Waals surface area contributed by atoms with Crippen LogP contribution >= 0.6 is 11.8 Å². The Morgan fingerprint density at radius 1 is 1.21 bits per heavy atom. The Hall–Kier alpha value is -1.78. The van der Waals surface area contributed by atoms with Gasteiger partial charge >= 0.3 is 0 Å². The highest BCUT2D eigenvalue weighted by Gasteiger charge is 2.53. The molecule has 0 aliphatic carbocycles. The molecule has 3 fully saturated rings. The minimum absolute atomic E-state index is 0.0109. The average Bonchev–Trinajstić information content (AvgIpc) is 3.30. The number of benzene rings is 1. The lowest BCUT2D eigenvalue weighted by Crippen LogP contribution is -2.48. The van der Waals surface area contributed by atoms with E-state index in [1.807, 2.05) is 26.8 Å². The molecule has 10 heteroatoms. The molecule has 1 aromatic rings. The molecule has 3 aliphatic rings. The van der Waals surface area contributed by atoms with Crippen LogP contribution in [0.3, 0.4) is 0 Å². The van der Waals surface area contributed by atoms with Gasteiger partial charge in [-0.2, -0.15) is 4.31 Å². The molecule has 2 amide bonds. The summed E-state index contributed by atoms with van der Waals surface area (Å²) in [5, 5.41) is 3.02. The first-order valence-corrected chi connectivity index (χ1v) is 14.3. The molecule has 33 heavy (non-hydrogen) atoms. The lowest BCUT2D eigenvalue weighted by molar-refractivity contribution is -0.135. The van der Waals surface area contributed by atoms with Gasteiger partial charge in [-0.15, -0.1) is 11.8 Å². The van der Waals surface area contributed by atoms with E-state index < -0.39 is 16.1 Å². The Bertz CT molecular complexity index is 1020. The number of nitrogens with zero attached hydrogens (tertiary/aromatic N) is 3. The summed E-state index contributed by atoms with van der Waals surface area (Å²) < 4.78 is 27.7. The quantitative estimate of drug-likeness (QED) is 0.627. The van der Waals surface area contributed by atoms with Gasteiger partial charge in [0.15, 0.2) is 0 Å². The summed E-state index contributed by atoms with van der Waals surface area (Å²) >= 11 is 1.65. The fourth-order valence-electron chi connectivity index (χ4n) is 5.13. The van der Waals surface area contributed by atoms with E-state index in [4.69, 9.17) is 0 Å². The van der Waals surface area contributed by atoms with Crippen molar-refractivity contribution in [3.63, 3.8) is 0 Å². The van der Waals surface area contributed by atoms with Gasteiger partial charge in [-0.3, -0.25) is 9.59 Å². The maximum absolute atomic E-state index is 13.4. The summed E-state index contributed by atoms with van der Waals surface area (Å²) in [7, 11) is -3.66. The number of carbonyl (C=O) groups excluding carboxylic acids is 2. The fourth-order valence-corrected chi connectivity index (χ4v) is 8.05. The van der Waals surface area contributed by atoms with E-state index >= 15 is 0 Å². The second-order valence-electron chi connectivity index (χ2n) is 9.07. The summed E-state index contributed by atoms with van der Waals surface area (Å²) in [5.74, 6) is 0.304. The van der Waals surface area contributed by atoms with Crippen LogP contribution in [0.25, 0.3) is 0 Å². The Morgan fingerprint density at radius 2 is 1.91 bits per heavy atom. The molecule has 1 aromatic carbocycles. The Labute approximate surface area is 201 Å². The fraction of sp³-hybridized carbons (Fsp3) is 0.652. The second kappa shape index (κ2) is 9.46. The molecule has 0 saturated carbocycles. The highest BCUT2D eigenvalue weighted by atomic mass is 32.2. The molecule has 0 spiro atoms. The third-order valence-corrected chi connectivity index (χ3v) is 10.6. The molecule has 4 rings (SSSR count). The van der Waals surface area contributed by atoms with Gasteiger partial charge in [-0.1, -0.05) is 13.8 Å². The Kier molecular flexibility index (Phi) is 6.98. The zero-order valence-corrected chi connectivity index (χ0v) is 21.3. The first-order chi connectivity index (χ1) is 15.7. The van der Waals surface area contributed by atoms with Crippen LogP contribution in [-0.2, 0) is 19.6 Å². The molecule has 0 unspecified atom stereocenters. The van der Waals surface area contributed by atoms with Crippen molar-refractivity contribution in [2.45, 2.75) is 68.7 Å². The van der Waals surface area contributed by atoms with E-state index in [1.165, 1.54) is 10.7 Å². The van der Waals surface area contributed by atoms with Crippen LogP contribution in [0.4, 0.5) is 11.4 Å². The van der Waals surface area contributed by atoms with Crippen LogP contribution in [0.1, 0.15) is 52.9 Å². The molecule has 0 aromatic heterocycles. The molecule has 0 bridgehead atoms. The highest BCUT2D eigenvalue weighted by Crippen LogP contribution is 2.47. The van der Waals surface area contributed by atoms with Crippen molar-refractivity contribution in [3.8, 4) is 0 Å². The number of nitrogens with one attached hydrogen (secondary N) is 1. The van der Waals surface area contributed by atoms with Crippen molar-refractivity contribution in [3.05, 3.63) is 18.2 Å². The maximum Gasteiger partial charge on any atom is 0.248 e. The van der Waals surface area contributed by atoms with Crippen molar-refractivity contribution >= 4 is 45.0 Å². The van der Waals surface area contributed by atoms with Crippen molar-refractivity contribution < 1.29 is 18.0 Å². The summed E-state index contributed by atoms with van der Waals surface area (Å²) in [5.41, 5.74) is 1.34. The predicted molar refractivity (Wildman–Crippen MR) is 132 cm³/mol. The van der Waals surface area contributed by atoms with E-state index in [-0.39, 0.29) is 21.6 Å². The number of sulfonamides is 1. The number of hydrogen-bond acceptors (Lipinski definition) is 6. The molecule has 0 radical (unpaired) electrons. The molecule has 182 valence electrons. The van der Waals surface area contributed by atoms with E-state index in [0.29, 0.717) is 31.0 Å². The van der Waals surface area contributed by atoms with Gasteiger partial charge in [0.2, 0.25) is 21.8 Å². The van der Waals surface area contributed by atoms with Crippen molar-refractivity contribution in [1.82, 2.24) is 9.21 Å². The molecular formula is C23H34N4O4S2. The number of anilines is 2. The minimum atomic E-state index is -3.66. The van der Waals surface area contributed by atoms with Gasteiger partial charge < -0.3 is 15.1 Å². The van der Waals surface area contributed by atoms with Crippen LogP contribution in [0, 0.1) is 0 Å². The first kappa shape index (κ1) is 24.3. The zero-order chi connectivity index (χ0) is 23.8. The lowest BCUT2D eigenvalue weighted by atomic mass is 10.1.